The van der Waals surface area contributed by atoms with Gasteiger partial charge in [-0.3, -0.25) is 9.78 Å². The fraction of sp³-hybridized carbons (Fsp3) is 0.448. The molecule has 7 heteroatoms. The first-order chi connectivity index (χ1) is 17.5. The molecule has 0 radical (unpaired) electrons. The number of piperidine rings is 1. The van der Waals surface area contributed by atoms with Crippen LogP contribution in [-0.4, -0.2) is 53.5 Å². The van der Waals surface area contributed by atoms with E-state index in [0.29, 0.717) is 10.8 Å². The van der Waals surface area contributed by atoms with Crippen molar-refractivity contribution >= 4 is 28.6 Å². The molecule has 1 aliphatic rings. The Balaban J connectivity index is 1.27. The smallest absolute Gasteiger partial charge is 0.303 e. The number of ether oxygens (including phenoxy) is 1. The number of hydrogen-bond acceptors (Lipinski definition) is 5. The van der Waals surface area contributed by atoms with Crippen molar-refractivity contribution in [1.82, 2.24) is 9.88 Å². The molecule has 4 rings (SSSR count). The first-order valence-electron chi connectivity index (χ1n) is 12.8. The number of methoxy groups -OCH3 is 1. The van der Waals surface area contributed by atoms with E-state index in [1.54, 1.807) is 24.9 Å². The molecule has 1 aromatic heterocycles. The minimum atomic E-state index is -0.714. The van der Waals surface area contributed by atoms with Crippen LogP contribution in [0.4, 0.5) is 4.39 Å². The third-order valence-corrected chi connectivity index (χ3v) is 8.32. The second kappa shape index (κ2) is 13.1. The second-order valence-electron chi connectivity index (χ2n) is 9.59. The normalized spacial score (nSPS) is 18.4. The summed E-state index contributed by atoms with van der Waals surface area (Å²) in [6.07, 6.45) is 7.07. The van der Waals surface area contributed by atoms with Crippen LogP contribution in [0.2, 0.25) is 0 Å². The van der Waals surface area contributed by atoms with Gasteiger partial charge in [0.15, 0.2) is 0 Å². The Bertz CT molecular complexity index is 1160. The van der Waals surface area contributed by atoms with Gasteiger partial charge >= 0.3 is 5.97 Å². The van der Waals surface area contributed by atoms with E-state index >= 15 is 0 Å². The lowest BCUT2D eigenvalue weighted by Crippen LogP contribution is -2.41. The summed E-state index contributed by atoms with van der Waals surface area (Å²) in [5.41, 5.74) is 2.23. The fourth-order valence-electron chi connectivity index (χ4n) is 5.31. The van der Waals surface area contributed by atoms with Crippen LogP contribution in [0.5, 0.6) is 5.75 Å². The van der Waals surface area contributed by atoms with Crippen LogP contribution < -0.4 is 4.74 Å². The number of rotatable bonds is 12. The molecule has 1 saturated heterocycles. The average Bonchev–Trinajstić information content (AvgIpc) is 2.88. The molecule has 2 heterocycles. The Hall–Kier alpha value is -2.64. The van der Waals surface area contributed by atoms with Crippen LogP contribution in [0.1, 0.15) is 37.7 Å². The highest BCUT2D eigenvalue weighted by atomic mass is 32.2. The molecule has 36 heavy (non-hydrogen) atoms. The van der Waals surface area contributed by atoms with Crippen molar-refractivity contribution in [3.63, 3.8) is 0 Å². The summed E-state index contributed by atoms with van der Waals surface area (Å²) in [5, 5.41) is 10.7. The highest BCUT2D eigenvalue weighted by Crippen LogP contribution is 2.32. The molecule has 1 aliphatic heterocycles. The Morgan fingerprint density at radius 2 is 2.06 bits per heavy atom. The summed E-state index contributed by atoms with van der Waals surface area (Å²) < 4.78 is 19.2. The van der Waals surface area contributed by atoms with Crippen LogP contribution in [0.25, 0.3) is 10.9 Å². The molecule has 3 aromatic rings. The summed E-state index contributed by atoms with van der Waals surface area (Å²) in [7, 11) is 1.67. The van der Waals surface area contributed by atoms with Crippen LogP contribution in [0.15, 0.2) is 59.6 Å². The highest BCUT2D eigenvalue weighted by molar-refractivity contribution is 7.99. The van der Waals surface area contributed by atoms with Gasteiger partial charge in [0.1, 0.15) is 11.6 Å². The van der Waals surface area contributed by atoms with Crippen LogP contribution in [0, 0.1) is 17.7 Å². The van der Waals surface area contributed by atoms with Gasteiger partial charge < -0.3 is 14.7 Å². The van der Waals surface area contributed by atoms with Gasteiger partial charge in [-0.2, -0.15) is 0 Å². The number of benzene rings is 2. The van der Waals surface area contributed by atoms with E-state index in [-0.39, 0.29) is 18.2 Å². The number of carboxylic acids is 1. The minimum Gasteiger partial charge on any atom is -0.497 e. The van der Waals surface area contributed by atoms with E-state index in [4.69, 9.17) is 4.74 Å². The van der Waals surface area contributed by atoms with Crippen molar-refractivity contribution in [3.8, 4) is 5.75 Å². The number of likely N-dealkylation sites (tertiary alicyclic amines) is 1. The van der Waals surface area contributed by atoms with Crippen molar-refractivity contribution in [1.29, 1.82) is 0 Å². The van der Waals surface area contributed by atoms with Crippen molar-refractivity contribution in [2.45, 2.75) is 43.4 Å². The topological polar surface area (TPSA) is 62.7 Å². The predicted octanol–water partition coefficient (Wildman–Crippen LogP) is 6.30. The number of aliphatic carboxylic acids is 1. The monoisotopic (exact) mass is 510 g/mol. The zero-order valence-electron chi connectivity index (χ0n) is 20.9. The average molecular weight is 511 g/mol. The lowest BCUT2D eigenvalue weighted by atomic mass is 9.80. The number of nitrogens with zero attached hydrogens (tertiary/aromatic N) is 2. The summed E-state index contributed by atoms with van der Waals surface area (Å²) in [6, 6.07) is 14.9. The number of thioether (sulfide) groups is 1. The first kappa shape index (κ1) is 26.4. The summed E-state index contributed by atoms with van der Waals surface area (Å²) in [6.45, 7) is 2.76. The number of aromatic nitrogens is 1. The lowest BCUT2D eigenvalue weighted by molar-refractivity contribution is -0.139. The van der Waals surface area contributed by atoms with E-state index in [1.165, 1.54) is 11.6 Å². The molecule has 0 spiro atoms. The predicted molar refractivity (Wildman–Crippen MR) is 143 cm³/mol. The second-order valence-corrected chi connectivity index (χ2v) is 10.7. The number of carbonyl (C=O) groups is 1. The summed E-state index contributed by atoms with van der Waals surface area (Å²) in [5.74, 6) is 1.41. The van der Waals surface area contributed by atoms with Crippen molar-refractivity contribution < 1.29 is 19.0 Å². The van der Waals surface area contributed by atoms with E-state index in [2.05, 4.69) is 16.0 Å². The van der Waals surface area contributed by atoms with Gasteiger partial charge in [0, 0.05) is 29.4 Å². The maximum atomic E-state index is 13.8. The third-order valence-electron chi connectivity index (χ3n) is 7.19. The van der Waals surface area contributed by atoms with E-state index in [9.17, 15) is 14.3 Å². The number of fused-ring (bicyclic) bond motifs is 1. The quantitative estimate of drug-likeness (QED) is 0.228. The summed E-state index contributed by atoms with van der Waals surface area (Å²) in [4.78, 5) is 19.2. The van der Waals surface area contributed by atoms with Gasteiger partial charge in [0.2, 0.25) is 0 Å². The van der Waals surface area contributed by atoms with Gasteiger partial charge in [-0.05, 0) is 105 Å². The van der Waals surface area contributed by atoms with Gasteiger partial charge in [-0.25, -0.2) is 4.39 Å². The molecule has 0 saturated carbocycles. The molecule has 5 nitrogen and oxygen atoms in total. The molecular formula is C29H35FN2O3S. The summed E-state index contributed by atoms with van der Waals surface area (Å²) >= 11 is 1.55. The largest absolute Gasteiger partial charge is 0.497 e. The van der Waals surface area contributed by atoms with E-state index in [1.807, 2.05) is 36.5 Å². The van der Waals surface area contributed by atoms with Crippen LogP contribution >= 0.6 is 11.8 Å². The first-order valence-corrected chi connectivity index (χ1v) is 13.7. The Labute approximate surface area is 217 Å². The van der Waals surface area contributed by atoms with Gasteiger partial charge in [-0.15, -0.1) is 11.8 Å². The number of hydrogen-bond donors (Lipinski definition) is 1. The number of carboxylic acid groups (broad SMARTS) is 1. The van der Waals surface area contributed by atoms with Gasteiger partial charge in [0.05, 0.1) is 12.6 Å². The maximum Gasteiger partial charge on any atom is 0.303 e. The number of pyridine rings is 1. The zero-order chi connectivity index (χ0) is 25.3. The number of halogens is 1. The lowest BCUT2D eigenvalue weighted by Gasteiger charge is -2.38. The van der Waals surface area contributed by atoms with Crippen molar-refractivity contribution in [2.24, 2.45) is 11.8 Å². The standard InChI is InChI=1S/C29H35FN2O3S/c1-35-24-10-11-27-25(19-24)22(12-14-31-27)7-4-6-21-13-16-32(20-23(21)18-29(33)34)15-5-17-36-28-9-3-2-8-26(28)30/h2-3,8-12,14,19,21,23H,4-7,13,15-18,20H2,1H3,(H,33,34)/t21-,23+/m1/s1. The number of aryl methyl sites for hydroxylation is 1. The minimum absolute atomic E-state index is 0.163. The molecule has 192 valence electrons. The molecule has 2 atom stereocenters. The fourth-order valence-corrected chi connectivity index (χ4v) is 6.18. The van der Waals surface area contributed by atoms with Crippen LogP contribution in [0.3, 0.4) is 0 Å². The molecule has 0 bridgehead atoms. The molecular weight excluding hydrogens is 475 g/mol. The Morgan fingerprint density at radius 1 is 1.19 bits per heavy atom. The maximum absolute atomic E-state index is 13.8. The van der Waals surface area contributed by atoms with E-state index < -0.39 is 5.97 Å². The van der Waals surface area contributed by atoms with Crippen molar-refractivity contribution in [3.05, 3.63) is 66.1 Å². The molecule has 0 unspecified atom stereocenters. The SMILES string of the molecule is COc1ccc2nccc(CCC[C@@H]3CCN(CCCSc4ccccc4F)C[C@@H]3CC(=O)O)c2c1. The van der Waals surface area contributed by atoms with Gasteiger partial charge in [0.25, 0.3) is 0 Å². The van der Waals surface area contributed by atoms with Crippen LogP contribution in [-0.2, 0) is 11.2 Å². The molecule has 0 amide bonds. The molecule has 0 aliphatic carbocycles. The Morgan fingerprint density at radius 3 is 2.86 bits per heavy atom. The van der Waals surface area contributed by atoms with Gasteiger partial charge in [-0.1, -0.05) is 12.1 Å². The van der Waals surface area contributed by atoms with Crippen molar-refractivity contribution in [2.75, 3.05) is 32.5 Å². The highest BCUT2D eigenvalue weighted by Gasteiger charge is 2.30. The third kappa shape index (κ3) is 7.20. The Kier molecular flexibility index (Phi) is 9.59. The van der Waals surface area contributed by atoms with E-state index in [0.717, 1.165) is 74.1 Å². The molecule has 1 N–H and O–H groups in total. The molecule has 2 aromatic carbocycles. The zero-order valence-corrected chi connectivity index (χ0v) is 21.7. The molecule has 1 fully saturated rings.